The third-order valence-electron chi connectivity index (χ3n) is 2.69. The number of aromatic nitrogens is 2. The van der Waals surface area contributed by atoms with Gasteiger partial charge in [-0.15, -0.1) is 0 Å². The number of esters is 1. The molecular weight excluding hydrogens is 278 g/mol. The number of rotatable bonds is 5. The number of hydrogen-bond acceptors (Lipinski definition) is 5. The Bertz CT molecular complexity index is 626. The fourth-order valence-electron chi connectivity index (χ4n) is 1.59. The molecule has 7 heteroatoms. The van der Waals surface area contributed by atoms with Crippen LogP contribution in [0.5, 0.6) is 0 Å². The van der Waals surface area contributed by atoms with E-state index in [2.05, 4.69) is 15.0 Å². The van der Waals surface area contributed by atoms with Gasteiger partial charge in [-0.25, -0.2) is 4.98 Å². The number of pyridine rings is 1. The summed E-state index contributed by atoms with van der Waals surface area (Å²) in [5, 5.41) is 2.90. The Morgan fingerprint density at radius 3 is 3.05 bits per heavy atom. The molecule has 0 aromatic carbocycles. The first kappa shape index (κ1) is 14.4. The summed E-state index contributed by atoms with van der Waals surface area (Å²) in [6.07, 6.45) is 3.64. The molecule has 6 nitrogen and oxygen atoms in total. The van der Waals surface area contributed by atoms with Crippen LogP contribution in [0.3, 0.4) is 0 Å². The Morgan fingerprint density at radius 2 is 2.30 bits per heavy atom. The molecule has 0 unspecified atom stereocenters. The molecule has 0 fully saturated rings. The molecule has 1 N–H and O–H groups in total. The van der Waals surface area contributed by atoms with E-state index in [1.54, 1.807) is 13.1 Å². The zero-order valence-corrected chi connectivity index (χ0v) is 12.0. The number of imidazole rings is 1. The van der Waals surface area contributed by atoms with Gasteiger partial charge in [0.1, 0.15) is 6.54 Å². The summed E-state index contributed by atoms with van der Waals surface area (Å²) in [5.41, 5.74) is 0.970. The predicted octanol–water partition coefficient (Wildman–Crippen LogP) is 1.10. The normalized spacial score (nSPS) is 12.1. The molecule has 2 rings (SSSR count). The van der Waals surface area contributed by atoms with Gasteiger partial charge in [-0.05, 0) is 19.1 Å². The van der Waals surface area contributed by atoms with Gasteiger partial charge in [0.15, 0.2) is 5.16 Å². The minimum Gasteiger partial charge on any atom is -0.468 e. The van der Waals surface area contributed by atoms with Crippen LogP contribution < -0.4 is 5.32 Å². The molecule has 0 radical (unpaired) electrons. The van der Waals surface area contributed by atoms with Crippen molar-refractivity contribution in [2.24, 2.45) is 0 Å². The van der Waals surface area contributed by atoms with Gasteiger partial charge < -0.3 is 10.1 Å². The number of nitrogens with one attached hydrogen (secondary N) is 1. The Balaban J connectivity index is 1.98. The molecule has 1 atom stereocenters. The highest BCUT2D eigenvalue weighted by Gasteiger charge is 2.17. The number of amides is 1. The summed E-state index contributed by atoms with van der Waals surface area (Å²) in [5.74, 6) is -0.699. The van der Waals surface area contributed by atoms with Crippen molar-refractivity contribution in [3.05, 3.63) is 30.6 Å². The molecule has 0 aliphatic heterocycles. The third-order valence-corrected chi connectivity index (χ3v) is 3.77. The average molecular weight is 293 g/mol. The number of fused-ring (bicyclic) bond motifs is 1. The quantitative estimate of drug-likeness (QED) is 0.660. The maximum atomic E-state index is 11.8. The molecule has 0 aliphatic carbocycles. The maximum absolute atomic E-state index is 11.8. The average Bonchev–Trinajstić information content (AvgIpc) is 2.87. The van der Waals surface area contributed by atoms with E-state index >= 15 is 0 Å². The van der Waals surface area contributed by atoms with Gasteiger partial charge in [-0.1, -0.05) is 17.8 Å². The van der Waals surface area contributed by atoms with Gasteiger partial charge in [0.2, 0.25) is 5.91 Å². The molecule has 0 saturated heterocycles. The summed E-state index contributed by atoms with van der Waals surface area (Å²) in [6, 6.07) is 5.78. The van der Waals surface area contributed by atoms with E-state index in [0.717, 1.165) is 10.7 Å². The number of carbonyl (C=O) groups is 2. The molecule has 2 aromatic heterocycles. The standard InChI is InChI=1S/C13H15N3O3S/c1-9(12(18)14-8-11(17)19-2)20-13-15-7-10-5-3-4-6-16(10)13/h3-7,9H,8H2,1-2H3,(H,14,18)/t9-/m1/s1. The fourth-order valence-corrected chi connectivity index (χ4v) is 2.49. The topological polar surface area (TPSA) is 72.7 Å². The molecular formula is C13H15N3O3S. The second-order valence-electron chi connectivity index (χ2n) is 4.09. The molecule has 0 spiro atoms. The van der Waals surface area contributed by atoms with E-state index in [-0.39, 0.29) is 17.7 Å². The lowest BCUT2D eigenvalue weighted by atomic mass is 10.4. The molecule has 2 aromatic rings. The second kappa shape index (κ2) is 6.42. The minimum atomic E-state index is -0.471. The molecule has 0 aliphatic rings. The summed E-state index contributed by atoms with van der Waals surface area (Å²) >= 11 is 1.33. The highest BCUT2D eigenvalue weighted by atomic mass is 32.2. The first-order valence-electron chi connectivity index (χ1n) is 6.05. The summed E-state index contributed by atoms with van der Waals surface area (Å²) in [7, 11) is 1.28. The maximum Gasteiger partial charge on any atom is 0.325 e. The summed E-state index contributed by atoms with van der Waals surface area (Å²) < 4.78 is 6.38. The van der Waals surface area contributed by atoms with Crippen molar-refractivity contribution in [1.82, 2.24) is 14.7 Å². The van der Waals surface area contributed by atoms with E-state index in [4.69, 9.17) is 0 Å². The van der Waals surface area contributed by atoms with Crippen LogP contribution in [0.1, 0.15) is 6.92 Å². The van der Waals surface area contributed by atoms with Crippen LogP contribution >= 0.6 is 11.8 Å². The summed E-state index contributed by atoms with van der Waals surface area (Å²) in [4.78, 5) is 27.1. The highest BCUT2D eigenvalue weighted by Crippen LogP contribution is 2.22. The van der Waals surface area contributed by atoms with Crippen LogP contribution in [0.2, 0.25) is 0 Å². The zero-order chi connectivity index (χ0) is 14.5. The van der Waals surface area contributed by atoms with Gasteiger partial charge in [0.25, 0.3) is 0 Å². The smallest absolute Gasteiger partial charge is 0.325 e. The molecule has 0 saturated carbocycles. The van der Waals surface area contributed by atoms with Crippen molar-refractivity contribution in [2.75, 3.05) is 13.7 Å². The molecule has 20 heavy (non-hydrogen) atoms. The highest BCUT2D eigenvalue weighted by molar-refractivity contribution is 8.00. The molecule has 1 amide bonds. The monoisotopic (exact) mass is 293 g/mol. The van der Waals surface area contributed by atoms with Crippen LogP contribution in [-0.2, 0) is 14.3 Å². The number of ether oxygens (including phenoxy) is 1. The van der Waals surface area contributed by atoms with Crippen LogP contribution in [0.15, 0.2) is 35.7 Å². The first-order chi connectivity index (χ1) is 9.61. The van der Waals surface area contributed by atoms with Gasteiger partial charge in [-0.2, -0.15) is 0 Å². The number of methoxy groups -OCH3 is 1. The van der Waals surface area contributed by atoms with Gasteiger partial charge in [0.05, 0.1) is 24.1 Å². The Morgan fingerprint density at radius 1 is 1.50 bits per heavy atom. The van der Waals surface area contributed by atoms with Crippen molar-refractivity contribution in [1.29, 1.82) is 0 Å². The second-order valence-corrected chi connectivity index (χ2v) is 5.40. The van der Waals surface area contributed by atoms with Gasteiger partial charge in [0, 0.05) is 6.20 Å². The molecule has 0 bridgehead atoms. The Kier molecular flexibility index (Phi) is 4.62. The van der Waals surface area contributed by atoms with Crippen molar-refractivity contribution in [3.63, 3.8) is 0 Å². The Hall–Kier alpha value is -2.02. The lowest BCUT2D eigenvalue weighted by Gasteiger charge is -2.10. The van der Waals surface area contributed by atoms with Crippen LogP contribution in [0, 0.1) is 0 Å². The third kappa shape index (κ3) is 3.30. The van der Waals surface area contributed by atoms with Gasteiger partial charge in [-0.3, -0.25) is 14.0 Å². The van der Waals surface area contributed by atoms with E-state index < -0.39 is 5.97 Å². The first-order valence-corrected chi connectivity index (χ1v) is 6.93. The largest absolute Gasteiger partial charge is 0.468 e. The van der Waals surface area contributed by atoms with Crippen molar-refractivity contribution < 1.29 is 14.3 Å². The fraction of sp³-hybridized carbons (Fsp3) is 0.308. The number of hydrogen-bond donors (Lipinski definition) is 1. The lowest BCUT2D eigenvalue weighted by molar-refractivity contribution is -0.141. The van der Waals surface area contributed by atoms with E-state index in [1.165, 1.54) is 18.9 Å². The lowest BCUT2D eigenvalue weighted by Crippen LogP contribution is -2.35. The van der Waals surface area contributed by atoms with E-state index in [1.807, 2.05) is 28.8 Å². The van der Waals surface area contributed by atoms with E-state index in [9.17, 15) is 9.59 Å². The van der Waals surface area contributed by atoms with Crippen molar-refractivity contribution in [3.8, 4) is 0 Å². The number of carbonyl (C=O) groups excluding carboxylic acids is 2. The van der Waals surface area contributed by atoms with E-state index in [0.29, 0.717) is 0 Å². The van der Waals surface area contributed by atoms with Crippen LogP contribution in [-0.4, -0.2) is 40.2 Å². The Labute approximate surface area is 120 Å². The van der Waals surface area contributed by atoms with Crippen molar-refractivity contribution >= 4 is 29.2 Å². The van der Waals surface area contributed by atoms with Crippen molar-refractivity contribution in [2.45, 2.75) is 17.3 Å². The minimum absolute atomic E-state index is 0.122. The number of thioether (sulfide) groups is 1. The van der Waals surface area contributed by atoms with Crippen LogP contribution in [0.25, 0.3) is 5.52 Å². The summed E-state index contributed by atoms with van der Waals surface area (Å²) in [6.45, 7) is 1.64. The predicted molar refractivity (Wildman–Crippen MR) is 75.5 cm³/mol. The SMILES string of the molecule is COC(=O)CNC(=O)[C@@H](C)Sc1ncc2ccccn12. The number of nitrogens with zero attached hydrogens (tertiary/aromatic N) is 2. The van der Waals surface area contributed by atoms with Crippen LogP contribution in [0.4, 0.5) is 0 Å². The van der Waals surface area contributed by atoms with Gasteiger partial charge >= 0.3 is 5.97 Å². The zero-order valence-electron chi connectivity index (χ0n) is 11.2. The molecule has 2 heterocycles. The molecule has 106 valence electrons.